The van der Waals surface area contributed by atoms with Crippen LogP contribution in [0.3, 0.4) is 0 Å². The Kier molecular flexibility index (Phi) is 3.50. The molecule has 0 unspecified atom stereocenters. The van der Waals surface area contributed by atoms with Crippen LogP contribution in [0.2, 0.25) is 0 Å². The zero-order chi connectivity index (χ0) is 13.4. The summed E-state index contributed by atoms with van der Waals surface area (Å²) in [4.78, 5) is 0. The van der Waals surface area contributed by atoms with Gasteiger partial charge in [0.05, 0.1) is 7.11 Å². The second kappa shape index (κ2) is 5.14. The second-order valence-electron chi connectivity index (χ2n) is 4.50. The number of fused-ring (bicyclic) bond motifs is 1. The lowest BCUT2D eigenvalue weighted by atomic mass is 10.0. The van der Waals surface area contributed by atoms with Crippen molar-refractivity contribution in [1.82, 2.24) is 0 Å². The average Bonchev–Trinajstić information content (AvgIpc) is 2.76. The zero-order valence-electron chi connectivity index (χ0n) is 10.4. The Balaban J connectivity index is 2.02. The van der Waals surface area contributed by atoms with Crippen molar-refractivity contribution >= 4 is 41.9 Å². The molecule has 1 aliphatic rings. The topological polar surface area (TPSA) is 9.23 Å². The lowest BCUT2D eigenvalue weighted by Gasteiger charge is -2.04. The summed E-state index contributed by atoms with van der Waals surface area (Å²) in [6.07, 6.45) is 0.939. The summed E-state index contributed by atoms with van der Waals surface area (Å²) in [6.45, 7) is 0. The van der Waals surface area contributed by atoms with Crippen LogP contribution >= 0.6 is 31.9 Å². The van der Waals surface area contributed by atoms with E-state index in [1.807, 2.05) is 6.07 Å². The van der Waals surface area contributed by atoms with Crippen molar-refractivity contribution in [3.8, 4) is 5.75 Å². The van der Waals surface area contributed by atoms with Crippen molar-refractivity contribution in [3.63, 3.8) is 0 Å². The highest BCUT2D eigenvalue weighted by atomic mass is 79.9. The van der Waals surface area contributed by atoms with Gasteiger partial charge in [-0.05, 0) is 74.9 Å². The molecule has 2 aromatic rings. The van der Waals surface area contributed by atoms with E-state index < -0.39 is 0 Å². The minimum absolute atomic E-state index is 0.913. The van der Waals surface area contributed by atoms with E-state index in [9.17, 15) is 0 Å². The van der Waals surface area contributed by atoms with Gasteiger partial charge in [0.2, 0.25) is 0 Å². The van der Waals surface area contributed by atoms with Crippen LogP contribution < -0.4 is 4.74 Å². The largest absolute Gasteiger partial charge is 0.497 e. The fourth-order valence-corrected chi connectivity index (χ4v) is 3.39. The van der Waals surface area contributed by atoms with Gasteiger partial charge in [-0.1, -0.05) is 28.1 Å². The van der Waals surface area contributed by atoms with E-state index in [2.05, 4.69) is 68.3 Å². The van der Waals surface area contributed by atoms with Gasteiger partial charge in [0.15, 0.2) is 0 Å². The highest BCUT2D eigenvalue weighted by Crippen LogP contribution is 2.43. The number of ether oxygens (including phenoxy) is 1. The Labute approximate surface area is 129 Å². The van der Waals surface area contributed by atoms with Crippen molar-refractivity contribution < 1.29 is 4.74 Å². The first-order valence-electron chi connectivity index (χ1n) is 6.01. The quantitative estimate of drug-likeness (QED) is 0.689. The molecule has 0 saturated carbocycles. The number of allylic oxidation sites excluding steroid dienone is 1. The van der Waals surface area contributed by atoms with Gasteiger partial charge in [-0.15, -0.1) is 0 Å². The highest BCUT2D eigenvalue weighted by Gasteiger charge is 2.21. The molecule has 0 N–H and O–H groups in total. The normalized spacial score (nSPS) is 13.6. The molecule has 0 spiro atoms. The molecule has 0 bridgehead atoms. The molecule has 3 heteroatoms. The van der Waals surface area contributed by atoms with Crippen molar-refractivity contribution in [2.45, 2.75) is 6.42 Å². The molecule has 3 rings (SSSR count). The van der Waals surface area contributed by atoms with E-state index in [0.717, 1.165) is 16.6 Å². The van der Waals surface area contributed by atoms with Gasteiger partial charge in [-0.2, -0.15) is 0 Å². The minimum atomic E-state index is 0.913. The standard InChI is InChI=1S/C16H12Br2O/c1-19-13-6-7-14-11(8-13)9-15(16(14)18)10-2-4-12(17)5-3-10/h2-8H,9H2,1H3. The summed E-state index contributed by atoms with van der Waals surface area (Å²) in [5, 5.41) is 0. The van der Waals surface area contributed by atoms with E-state index in [1.165, 1.54) is 26.7 Å². The summed E-state index contributed by atoms with van der Waals surface area (Å²) in [5.41, 5.74) is 5.16. The van der Waals surface area contributed by atoms with Gasteiger partial charge < -0.3 is 4.74 Å². The Morgan fingerprint density at radius 1 is 1.00 bits per heavy atom. The fourth-order valence-electron chi connectivity index (χ4n) is 2.37. The lowest BCUT2D eigenvalue weighted by Crippen LogP contribution is -1.88. The molecule has 0 saturated heterocycles. The molecule has 96 valence electrons. The summed E-state index contributed by atoms with van der Waals surface area (Å²) in [6, 6.07) is 14.7. The van der Waals surface area contributed by atoms with Gasteiger partial charge in [-0.3, -0.25) is 0 Å². The SMILES string of the molecule is COc1ccc2c(c1)CC(c1ccc(Br)cc1)=C2Br. The number of benzene rings is 2. The van der Waals surface area contributed by atoms with Gasteiger partial charge in [0.1, 0.15) is 5.75 Å². The third kappa shape index (κ3) is 2.37. The lowest BCUT2D eigenvalue weighted by molar-refractivity contribution is 0.414. The number of halogens is 2. The third-order valence-electron chi connectivity index (χ3n) is 3.37. The maximum atomic E-state index is 5.29. The smallest absolute Gasteiger partial charge is 0.119 e. The predicted octanol–water partition coefficient (Wildman–Crippen LogP) is 5.28. The van der Waals surface area contributed by atoms with Gasteiger partial charge in [-0.25, -0.2) is 0 Å². The summed E-state index contributed by atoms with van der Waals surface area (Å²) in [5.74, 6) is 0.913. The van der Waals surface area contributed by atoms with Crippen LogP contribution in [0.15, 0.2) is 46.9 Å². The Morgan fingerprint density at radius 3 is 2.42 bits per heavy atom. The first-order valence-corrected chi connectivity index (χ1v) is 7.59. The molecule has 0 atom stereocenters. The molecule has 0 heterocycles. The molecule has 1 nitrogen and oxygen atoms in total. The Morgan fingerprint density at radius 2 is 1.74 bits per heavy atom. The molecule has 1 aliphatic carbocycles. The summed E-state index contributed by atoms with van der Waals surface area (Å²) in [7, 11) is 1.70. The minimum Gasteiger partial charge on any atom is -0.497 e. The zero-order valence-corrected chi connectivity index (χ0v) is 13.6. The van der Waals surface area contributed by atoms with Crippen LogP contribution in [0.5, 0.6) is 5.75 Å². The molecule has 0 aromatic heterocycles. The Hall–Kier alpha value is -1.06. The van der Waals surface area contributed by atoms with Crippen LogP contribution in [0.1, 0.15) is 16.7 Å². The van der Waals surface area contributed by atoms with Crippen LogP contribution in [0, 0.1) is 0 Å². The molecule has 2 aromatic carbocycles. The number of hydrogen-bond acceptors (Lipinski definition) is 1. The average molecular weight is 380 g/mol. The maximum Gasteiger partial charge on any atom is 0.119 e. The molecule has 0 radical (unpaired) electrons. The number of hydrogen-bond donors (Lipinski definition) is 0. The molecule has 0 amide bonds. The predicted molar refractivity (Wildman–Crippen MR) is 86.6 cm³/mol. The highest BCUT2D eigenvalue weighted by molar-refractivity contribution is 9.15. The number of methoxy groups -OCH3 is 1. The Bertz CT molecular complexity index is 657. The van der Waals surface area contributed by atoms with E-state index >= 15 is 0 Å². The summed E-state index contributed by atoms with van der Waals surface area (Å²) >= 11 is 7.20. The van der Waals surface area contributed by atoms with Gasteiger partial charge >= 0.3 is 0 Å². The monoisotopic (exact) mass is 378 g/mol. The first kappa shape index (κ1) is 12.9. The first-order chi connectivity index (χ1) is 9.19. The number of rotatable bonds is 2. The molecule has 0 fully saturated rings. The second-order valence-corrected chi connectivity index (χ2v) is 6.21. The van der Waals surface area contributed by atoms with Gasteiger partial charge in [0, 0.05) is 8.96 Å². The van der Waals surface area contributed by atoms with Crippen LogP contribution in [-0.2, 0) is 6.42 Å². The molecule has 0 aliphatic heterocycles. The molecular weight excluding hydrogens is 368 g/mol. The van der Waals surface area contributed by atoms with Gasteiger partial charge in [0.25, 0.3) is 0 Å². The van der Waals surface area contributed by atoms with E-state index in [0.29, 0.717) is 0 Å². The fraction of sp³-hybridized carbons (Fsp3) is 0.125. The molecule has 19 heavy (non-hydrogen) atoms. The third-order valence-corrected chi connectivity index (χ3v) is 4.81. The van der Waals surface area contributed by atoms with Crippen molar-refractivity contribution in [2.75, 3.05) is 7.11 Å². The van der Waals surface area contributed by atoms with Crippen molar-refractivity contribution in [1.29, 1.82) is 0 Å². The van der Waals surface area contributed by atoms with E-state index in [4.69, 9.17) is 4.74 Å². The van der Waals surface area contributed by atoms with Crippen LogP contribution in [0.25, 0.3) is 10.1 Å². The van der Waals surface area contributed by atoms with E-state index in [-0.39, 0.29) is 0 Å². The molecular formula is C16H12Br2O. The maximum absolute atomic E-state index is 5.29. The van der Waals surface area contributed by atoms with Crippen molar-refractivity contribution in [2.24, 2.45) is 0 Å². The summed E-state index contributed by atoms with van der Waals surface area (Å²) < 4.78 is 7.58. The van der Waals surface area contributed by atoms with Crippen LogP contribution in [0.4, 0.5) is 0 Å². The van der Waals surface area contributed by atoms with Crippen molar-refractivity contribution in [3.05, 3.63) is 63.6 Å². The van der Waals surface area contributed by atoms with Crippen LogP contribution in [-0.4, -0.2) is 7.11 Å². The van der Waals surface area contributed by atoms with E-state index in [1.54, 1.807) is 7.11 Å².